The van der Waals surface area contributed by atoms with Crippen molar-refractivity contribution in [2.24, 2.45) is 0 Å². The molecule has 3 heterocycles. The van der Waals surface area contributed by atoms with E-state index in [1.54, 1.807) is 0 Å². The highest BCUT2D eigenvalue weighted by molar-refractivity contribution is 8.02. The summed E-state index contributed by atoms with van der Waals surface area (Å²) in [5.41, 5.74) is 0. The van der Waals surface area contributed by atoms with Crippen molar-refractivity contribution in [1.82, 2.24) is 14.7 Å². The highest BCUT2D eigenvalue weighted by Gasteiger charge is 2.43. The van der Waals surface area contributed by atoms with E-state index < -0.39 is 0 Å². The molecule has 0 spiro atoms. The molecule has 0 radical (unpaired) electrons. The minimum atomic E-state index is -0.0496. The Morgan fingerprint density at radius 3 is 2.48 bits per heavy atom. The van der Waals surface area contributed by atoms with Crippen LogP contribution in [-0.4, -0.2) is 96.2 Å². The number of carbonyl (C=O) groups excluding carboxylic acids is 1. The monoisotopic (exact) mass is 339 g/mol. The molecule has 3 aliphatic rings. The van der Waals surface area contributed by atoms with E-state index in [9.17, 15) is 4.79 Å². The van der Waals surface area contributed by atoms with Gasteiger partial charge in [0.15, 0.2) is 0 Å². The highest BCUT2D eigenvalue weighted by atomic mass is 32.2. The Hall–Kier alpha value is -0.400. The predicted molar refractivity (Wildman–Crippen MR) is 94.9 cm³/mol. The Balaban J connectivity index is 1.69. The zero-order valence-corrected chi connectivity index (χ0v) is 15.1. The van der Waals surface area contributed by atoms with Gasteiger partial charge >= 0.3 is 0 Å². The van der Waals surface area contributed by atoms with Crippen LogP contribution in [0.3, 0.4) is 0 Å². The average molecular weight is 340 g/mol. The molecule has 0 N–H and O–H groups in total. The second kappa shape index (κ2) is 7.66. The van der Waals surface area contributed by atoms with Crippen molar-refractivity contribution in [3.63, 3.8) is 0 Å². The topological polar surface area (TPSA) is 36.0 Å². The van der Waals surface area contributed by atoms with Crippen molar-refractivity contribution < 1.29 is 9.53 Å². The Labute approximate surface area is 144 Å². The van der Waals surface area contributed by atoms with E-state index in [4.69, 9.17) is 4.74 Å². The molecule has 0 aromatic carbocycles. The average Bonchev–Trinajstić information content (AvgIpc) is 3.00. The van der Waals surface area contributed by atoms with Gasteiger partial charge in [-0.3, -0.25) is 14.7 Å². The molecule has 3 aliphatic heterocycles. The van der Waals surface area contributed by atoms with Gasteiger partial charge in [0.2, 0.25) is 0 Å². The standard InChI is InChI=1S/C17H29N3O2S/c1-15(2)19-5-7-20(8-6-19)17(4-3-16(13-21)23-17)14-18-9-11-22-12-10-18/h3-4,13,15-16H,5-12,14H2,1-2H3. The third-order valence-electron chi connectivity index (χ3n) is 5.15. The molecule has 5 nitrogen and oxygen atoms in total. The SMILES string of the molecule is CC(C)N1CCN(C2(CN3CCOCC3)C=CC(C=O)S2)CC1. The maximum absolute atomic E-state index is 11.3. The van der Waals surface area contributed by atoms with Crippen LogP contribution in [0.15, 0.2) is 12.2 Å². The van der Waals surface area contributed by atoms with Crippen LogP contribution in [0.4, 0.5) is 0 Å². The van der Waals surface area contributed by atoms with E-state index in [2.05, 4.69) is 40.7 Å². The molecule has 2 atom stereocenters. The molecule has 0 bridgehead atoms. The summed E-state index contributed by atoms with van der Waals surface area (Å²) in [6.07, 6.45) is 5.46. The fourth-order valence-corrected chi connectivity index (χ4v) is 5.13. The van der Waals surface area contributed by atoms with E-state index in [0.717, 1.165) is 65.3 Å². The number of rotatable bonds is 5. The smallest absolute Gasteiger partial charge is 0.136 e. The zero-order valence-electron chi connectivity index (χ0n) is 14.3. The molecular formula is C17H29N3O2S. The molecule has 0 amide bonds. The van der Waals surface area contributed by atoms with Gasteiger partial charge in [-0.05, 0) is 13.8 Å². The van der Waals surface area contributed by atoms with E-state index in [1.807, 2.05) is 11.8 Å². The van der Waals surface area contributed by atoms with Crippen molar-refractivity contribution in [2.45, 2.75) is 30.0 Å². The van der Waals surface area contributed by atoms with Gasteiger partial charge < -0.3 is 9.53 Å². The Kier molecular flexibility index (Phi) is 5.80. The van der Waals surface area contributed by atoms with E-state index in [-0.39, 0.29) is 10.1 Å². The highest BCUT2D eigenvalue weighted by Crippen LogP contribution is 2.41. The van der Waals surface area contributed by atoms with Gasteiger partial charge in [0.05, 0.1) is 23.3 Å². The summed E-state index contributed by atoms with van der Waals surface area (Å²) in [6.45, 7) is 13.5. The van der Waals surface area contributed by atoms with Crippen LogP contribution in [0.2, 0.25) is 0 Å². The molecule has 2 fully saturated rings. The van der Waals surface area contributed by atoms with Crippen molar-refractivity contribution in [3.8, 4) is 0 Å². The number of piperazine rings is 1. The number of hydrogen-bond acceptors (Lipinski definition) is 6. The van der Waals surface area contributed by atoms with Gasteiger partial charge in [-0.25, -0.2) is 0 Å². The second-order valence-corrected chi connectivity index (χ2v) is 8.41. The van der Waals surface area contributed by atoms with Crippen molar-refractivity contribution >= 4 is 18.0 Å². The van der Waals surface area contributed by atoms with E-state index in [0.29, 0.717) is 6.04 Å². The maximum Gasteiger partial charge on any atom is 0.136 e. The molecule has 0 aliphatic carbocycles. The van der Waals surface area contributed by atoms with Gasteiger partial charge in [-0.2, -0.15) is 0 Å². The molecule has 130 valence electrons. The number of ether oxygens (including phenoxy) is 1. The van der Waals surface area contributed by atoms with Crippen LogP contribution in [0.25, 0.3) is 0 Å². The van der Waals surface area contributed by atoms with Crippen LogP contribution in [0, 0.1) is 0 Å². The molecule has 0 aromatic rings. The lowest BCUT2D eigenvalue weighted by Crippen LogP contribution is -2.60. The van der Waals surface area contributed by atoms with Crippen molar-refractivity contribution in [1.29, 1.82) is 0 Å². The molecule has 0 aromatic heterocycles. The van der Waals surface area contributed by atoms with Gasteiger partial charge in [0.25, 0.3) is 0 Å². The maximum atomic E-state index is 11.3. The van der Waals surface area contributed by atoms with Crippen LogP contribution in [-0.2, 0) is 9.53 Å². The molecule has 3 rings (SSSR count). The number of carbonyl (C=O) groups is 1. The molecule has 2 unspecified atom stereocenters. The lowest BCUT2D eigenvalue weighted by molar-refractivity contribution is -0.106. The minimum absolute atomic E-state index is 0.000770. The van der Waals surface area contributed by atoms with Crippen LogP contribution in [0.5, 0.6) is 0 Å². The lowest BCUT2D eigenvalue weighted by Gasteiger charge is -2.47. The first kappa shape index (κ1) is 17.4. The normalized spacial score (nSPS) is 34.3. The first-order valence-electron chi connectivity index (χ1n) is 8.75. The molecule has 6 heteroatoms. The summed E-state index contributed by atoms with van der Waals surface area (Å²) < 4.78 is 5.48. The number of aldehydes is 1. The van der Waals surface area contributed by atoms with Gasteiger partial charge in [-0.1, -0.05) is 12.2 Å². The third-order valence-corrected chi connectivity index (χ3v) is 6.63. The van der Waals surface area contributed by atoms with Crippen molar-refractivity contribution in [2.75, 3.05) is 59.0 Å². The molecule has 2 saturated heterocycles. The van der Waals surface area contributed by atoms with Gasteiger partial charge in [0, 0.05) is 51.9 Å². The number of nitrogens with zero attached hydrogens (tertiary/aromatic N) is 3. The third kappa shape index (κ3) is 3.99. The number of hydrogen-bond donors (Lipinski definition) is 0. The summed E-state index contributed by atoms with van der Waals surface area (Å²) in [5.74, 6) is 0. The first-order chi connectivity index (χ1) is 11.1. The van der Waals surface area contributed by atoms with Gasteiger partial charge in [-0.15, -0.1) is 11.8 Å². The fraction of sp³-hybridized carbons (Fsp3) is 0.824. The van der Waals surface area contributed by atoms with Crippen molar-refractivity contribution in [3.05, 3.63) is 12.2 Å². The Bertz CT molecular complexity index is 432. The lowest BCUT2D eigenvalue weighted by atomic mass is 10.1. The van der Waals surface area contributed by atoms with E-state index in [1.165, 1.54) is 0 Å². The van der Waals surface area contributed by atoms with Gasteiger partial charge in [0.1, 0.15) is 6.29 Å². The van der Waals surface area contributed by atoms with E-state index >= 15 is 0 Å². The first-order valence-corrected chi connectivity index (χ1v) is 9.62. The quantitative estimate of drug-likeness (QED) is 0.547. The van der Waals surface area contributed by atoms with Crippen LogP contribution >= 0.6 is 11.8 Å². The minimum Gasteiger partial charge on any atom is -0.379 e. The molecule has 23 heavy (non-hydrogen) atoms. The fourth-order valence-electron chi connectivity index (χ4n) is 3.70. The zero-order chi connectivity index (χ0) is 16.3. The number of thioether (sulfide) groups is 1. The number of morpholine rings is 1. The molecule has 0 saturated carbocycles. The summed E-state index contributed by atoms with van der Waals surface area (Å²) in [7, 11) is 0. The Morgan fingerprint density at radius 1 is 1.22 bits per heavy atom. The summed E-state index contributed by atoms with van der Waals surface area (Å²) in [5, 5.41) is -0.000770. The summed E-state index contributed by atoms with van der Waals surface area (Å²) in [4.78, 5) is 18.8. The van der Waals surface area contributed by atoms with Crippen LogP contribution in [0.1, 0.15) is 13.8 Å². The predicted octanol–water partition coefficient (Wildman–Crippen LogP) is 0.911. The Morgan fingerprint density at radius 2 is 1.91 bits per heavy atom. The molecular weight excluding hydrogens is 310 g/mol. The summed E-state index contributed by atoms with van der Waals surface area (Å²) >= 11 is 1.81. The largest absolute Gasteiger partial charge is 0.379 e. The second-order valence-electron chi connectivity index (χ2n) is 6.93. The summed E-state index contributed by atoms with van der Waals surface area (Å²) in [6, 6.07) is 0.613. The van der Waals surface area contributed by atoms with Crippen LogP contribution < -0.4 is 0 Å².